The maximum absolute atomic E-state index is 13.8. The van der Waals surface area contributed by atoms with E-state index in [9.17, 15) is 68.5 Å². The Balaban J connectivity index is 3.11. The maximum atomic E-state index is 13.8. The van der Waals surface area contributed by atoms with Crippen molar-refractivity contribution in [1.29, 1.82) is 0 Å². The van der Waals surface area contributed by atoms with Crippen LogP contribution in [-0.4, -0.2) is 198 Å². The highest BCUT2D eigenvalue weighted by Gasteiger charge is 2.46. The molecule has 9 atom stereocenters. The number of amides is 5. The molecule has 28 heteroatoms. The minimum atomic E-state index is -3.84. The Morgan fingerprint density at radius 1 is 0.642 bits per heavy atom. The van der Waals surface area contributed by atoms with Gasteiger partial charge in [0.15, 0.2) is 11.9 Å². The van der Waals surface area contributed by atoms with Crippen LogP contribution in [0.25, 0.3) is 0 Å². The molecule has 0 aromatic heterocycles. The van der Waals surface area contributed by atoms with Gasteiger partial charge in [-0.1, -0.05) is 90.4 Å². The Hall–Kier alpha value is -4.99. The van der Waals surface area contributed by atoms with Crippen molar-refractivity contribution in [2.45, 2.75) is 217 Å². The lowest BCUT2D eigenvalue weighted by Gasteiger charge is -2.29. The van der Waals surface area contributed by atoms with Gasteiger partial charge in [-0.3, -0.25) is 28.8 Å². The number of hydrogen-bond donors (Lipinski definition) is 12. The minimum absolute atomic E-state index is 0.0155. The highest BCUT2D eigenvalue weighted by atomic mass is 31.2. The van der Waals surface area contributed by atoms with Crippen LogP contribution in [0.2, 0.25) is 0 Å². The first-order valence-corrected chi connectivity index (χ1v) is 30.1. The van der Waals surface area contributed by atoms with Crippen LogP contribution in [-0.2, 0) is 61.7 Å². The predicted molar refractivity (Wildman–Crippen MR) is 299 cm³/mol. The molecule has 0 saturated heterocycles. The molecular formula is C53H98N9O18P. The van der Waals surface area contributed by atoms with E-state index < -0.39 is 147 Å². The normalized spacial score (nSPS) is 16.6. The monoisotopic (exact) mass is 1180 g/mol. The van der Waals surface area contributed by atoms with E-state index in [1.165, 1.54) is 95.3 Å². The van der Waals surface area contributed by atoms with Crippen LogP contribution in [0.1, 0.15) is 162 Å². The van der Waals surface area contributed by atoms with Gasteiger partial charge in [0.05, 0.1) is 25.2 Å². The molecule has 81 heavy (non-hydrogen) atoms. The third-order valence-electron chi connectivity index (χ3n) is 13.4. The molecule has 1 aliphatic rings. The fourth-order valence-electron chi connectivity index (χ4n) is 8.47. The zero-order chi connectivity index (χ0) is 61.1. The zero-order valence-corrected chi connectivity index (χ0v) is 49.7. The second-order valence-corrected chi connectivity index (χ2v) is 23.6. The van der Waals surface area contributed by atoms with E-state index in [1.54, 1.807) is 0 Å². The molecule has 0 spiro atoms. The molecule has 9 unspecified atom stereocenters. The summed E-state index contributed by atoms with van der Waals surface area (Å²) in [6.07, 6.45) is 10.2. The molecule has 0 aliphatic carbocycles. The third-order valence-corrected chi connectivity index (χ3v) is 15.8. The van der Waals surface area contributed by atoms with Crippen LogP contribution in [0.3, 0.4) is 0 Å². The van der Waals surface area contributed by atoms with Crippen molar-refractivity contribution in [2.24, 2.45) is 11.5 Å². The van der Waals surface area contributed by atoms with Gasteiger partial charge in [0.2, 0.25) is 29.5 Å². The number of unbranched alkanes of at least 4 members (excludes halogenated alkanes) is 15. The van der Waals surface area contributed by atoms with E-state index in [1.807, 2.05) is 0 Å². The maximum Gasteiger partial charge on any atom is 0.395 e. The summed E-state index contributed by atoms with van der Waals surface area (Å²) in [6, 6.07) is -8.03. The molecule has 468 valence electrons. The van der Waals surface area contributed by atoms with Gasteiger partial charge in [0.25, 0.3) is 5.76 Å². The van der Waals surface area contributed by atoms with E-state index in [0.29, 0.717) is 32.1 Å². The first kappa shape index (κ1) is 74.0. The molecule has 0 bridgehead atoms. The Morgan fingerprint density at radius 2 is 1.09 bits per heavy atom. The SMILES string of the molecule is CCCCCCCCCCCCCCCCOC(COC(=O)CCC(=O)NC(CCCCN)C(=O)NC(C(=O)NC(C(=O)NC(CCCCN)C(=O)NC(CO)C(=O)O)C(C)O)C(C)O)C1OC(=O)C(OP(=O)(N(C)C)N(C)C)=C1O. The fourth-order valence-corrected chi connectivity index (χ4v) is 9.92. The van der Waals surface area contributed by atoms with Crippen LogP contribution < -0.4 is 38.1 Å². The van der Waals surface area contributed by atoms with Gasteiger partial charge in [0.1, 0.15) is 42.9 Å². The van der Waals surface area contributed by atoms with Crippen LogP contribution in [0.4, 0.5) is 0 Å². The van der Waals surface area contributed by atoms with E-state index in [-0.39, 0.29) is 32.5 Å². The van der Waals surface area contributed by atoms with Crippen molar-refractivity contribution in [1.82, 2.24) is 35.9 Å². The number of aliphatic hydroxyl groups excluding tert-OH is 4. The lowest BCUT2D eigenvalue weighted by molar-refractivity contribution is -0.159. The standard InChI is InChI=1S/C53H98N9O18P/c1-8-9-10-11-12-13-14-15-16-17-18-19-20-25-32-77-40(46-45(68)47(53(75)79-46)80-81(76,61(4)5)62(6)7)34-78-42(67)29-28-41(66)56-37(26-21-23-30-54)49(70)59-44(36(3)65)51(72)60-43(35(2)64)50(71)57-38(27-22-24-31-55)48(69)58-39(33-63)52(73)74/h35-40,43-44,46,63-65,68H,8-34,54-55H2,1-7H3,(H,56,66)(H,57,71)(H,58,69)(H,59,70)(H,60,72)(H,73,74). The van der Waals surface area contributed by atoms with E-state index in [0.717, 1.165) is 39.5 Å². The first-order valence-electron chi connectivity index (χ1n) is 28.6. The van der Waals surface area contributed by atoms with Gasteiger partial charge in [0, 0.05) is 13.0 Å². The first-order chi connectivity index (χ1) is 38.4. The van der Waals surface area contributed by atoms with Crippen LogP contribution in [0, 0.1) is 0 Å². The molecule has 0 saturated carbocycles. The van der Waals surface area contributed by atoms with Crippen molar-refractivity contribution >= 4 is 55.1 Å². The van der Waals surface area contributed by atoms with E-state index >= 15 is 0 Å². The second-order valence-electron chi connectivity index (χ2n) is 20.8. The summed E-state index contributed by atoms with van der Waals surface area (Å²) in [6.45, 7) is 3.59. The molecule has 5 amide bonds. The molecule has 1 aliphatic heterocycles. The zero-order valence-electron chi connectivity index (χ0n) is 48.8. The Kier molecular flexibility index (Phi) is 37.5. The minimum Gasteiger partial charge on any atom is -0.505 e. The summed E-state index contributed by atoms with van der Waals surface area (Å²) in [5.74, 6) is -9.98. The number of nitrogens with two attached hydrogens (primary N) is 2. The summed E-state index contributed by atoms with van der Waals surface area (Å²) in [7, 11) is 2.01. The molecular weight excluding hydrogens is 1080 g/mol. The van der Waals surface area contributed by atoms with Crippen LogP contribution in [0.15, 0.2) is 11.5 Å². The smallest absolute Gasteiger partial charge is 0.395 e. The second kappa shape index (κ2) is 41.1. The molecule has 0 aromatic carbocycles. The predicted octanol–water partition coefficient (Wildman–Crippen LogP) is 1.64. The number of rotatable bonds is 47. The van der Waals surface area contributed by atoms with Gasteiger partial charge < -0.3 is 82.3 Å². The summed E-state index contributed by atoms with van der Waals surface area (Å²) in [4.78, 5) is 105. The summed E-state index contributed by atoms with van der Waals surface area (Å²) < 4.78 is 38.6. The summed E-state index contributed by atoms with van der Waals surface area (Å²) >= 11 is 0. The number of carboxylic acids is 1. The number of aliphatic carboxylic acids is 1. The number of carbonyl (C=O) groups excluding carboxylic acids is 7. The van der Waals surface area contributed by atoms with Crippen molar-refractivity contribution in [3.05, 3.63) is 11.5 Å². The largest absolute Gasteiger partial charge is 0.505 e. The number of aliphatic hydroxyl groups is 4. The average Bonchev–Trinajstić information content (AvgIpc) is 3.72. The third kappa shape index (κ3) is 28.2. The number of nitrogens with one attached hydrogen (secondary N) is 5. The fraction of sp³-hybridized carbons (Fsp3) is 0.811. The highest BCUT2D eigenvalue weighted by Crippen LogP contribution is 2.53. The van der Waals surface area contributed by atoms with Gasteiger partial charge in [-0.05, 0) is 100 Å². The van der Waals surface area contributed by atoms with Crippen LogP contribution >= 0.6 is 7.67 Å². The summed E-state index contributed by atoms with van der Waals surface area (Å²) in [5, 5.41) is 62.8. The number of ether oxygens (including phenoxy) is 3. The van der Waals surface area contributed by atoms with Crippen molar-refractivity contribution in [2.75, 3.05) is 61.1 Å². The molecule has 14 N–H and O–H groups in total. The number of cyclic esters (lactones) is 1. The van der Waals surface area contributed by atoms with Gasteiger partial charge in [-0.15, -0.1) is 0 Å². The van der Waals surface area contributed by atoms with E-state index in [2.05, 4.69) is 33.5 Å². The average molecular weight is 1180 g/mol. The number of carboxylic acid groups (broad SMARTS) is 1. The number of carbonyl (C=O) groups is 8. The lowest BCUT2D eigenvalue weighted by Crippen LogP contribution is -2.62. The van der Waals surface area contributed by atoms with Gasteiger partial charge in [-0.25, -0.2) is 23.5 Å². The van der Waals surface area contributed by atoms with Crippen LogP contribution in [0.5, 0.6) is 0 Å². The molecule has 1 heterocycles. The van der Waals surface area contributed by atoms with Crippen molar-refractivity contribution < 1.29 is 87.2 Å². The molecule has 0 fully saturated rings. The van der Waals surface area contributed by atoms with Gasteiger partial charge in [-0.2, -0.15) is 0 Å². The van der Waals surface area contributed by atoms with Crippen molar-refractivity contribution in [3.63, 3.8) is 0 Å². The number of esters is 2. The lowest BCUT2D eigenvalue weighted by atomic mass is 10.0. The number of hydrogen-bond acceptors (Lipinski definition) is 19. The highest BCUT2D eigenvalue weighted by molar-refractivity contribution is 7.54. The van der Waals surface area contributed by atoms with Gasteiger partial charge >= 0.3 is 25.6 Å². The Bertz CT molecular complexity index is 2000. The number of nitrogens with zero attached hydrogens (tertiary/aromatic N) is 2. The quantitative estimate of drug-likeness (QED) is 0.0234. The van der Waals surface area contributed by atoms with E-state index in [4.69, 9.17) is 30.2 Å². The van der Waals surface area contributed by atoms with Crippen molar-refractivity contribution in [3.8, 4) is 0 Å². The molecule has 0 radical (unpaired) electrons. The Labute approximate surface area is 477 Å². The molecule has 0 aromatic rings. The summed E-state index contributed by atoms with van der Waals surface area (Å²) in [5.41, 5.74) is 11.2. The topological polar surface area (TPSA) is 410 Å². The molecule has 1 rings (SSSR count). The Morgan fingerprint density at radius 3 is 1.54 bits per heavy atom. The molecule has 27 nitrogen and oxygen atoms in total.